The number of ether oxygens (including phenoxy) is 1. The van der Waals surface area contributed by atoms with E-state index in [9.17, 15) is 4.79 Å². The summed E-state index contributed by atoms with van der Waals surface area (Å²) in [7, 11) is 0. The molecule has 4 heteroatoms. The highest BCUT2D eigenvalue weighted by atomic mass is 35.5. The molecule has 1 aliphatic rings. The van der Waals surface area contributed by atoms with Crippen LogP contribution in [0.1, 0.15) is 13.3 Å². The quantitative estimate of drug-likeness (QED) is 0.606. The topological polar surface area (TPSA) is 29.5 Å². The van der Waals surface area contributed by atoms with Gasteiger partial charge in [0.15, 0.2) is 0 Å². The number of morpholine rings is 1. The Hall–Kier alpha value is -0.280. The van der Waals surface area contributed by atoms with Crippen molar-refractivity contribution < 1.29 is 9.53 Å². The van der Waals surface area contributed by atoms with Gasteiger partial charge in [-0.15, -0.1) is 11.6 Å². The summed E-state index contributed by atoms with van der Waals surface area (Å²) in [5, 5.41) is 0. The first-order valence-corrected chi connectivity index (χ1v) is 4.76. The van der Waals surface area contributed by atoms with Crippen molar-refractivity contribution in [1.29, 1.82) is 0 Å². The summed E-state index contributed by atoms with van der Waals surface area (Å²) in [6.45, 7) is 4.07. The first-order valence-electron chi connectivity index (χ1n) is 4.23. The minimum atomic E-state index is 0.0124. The maximum Gasteiger partial charge on any atom is 0.237 e. The summed E-state index contributed by atoms with van der Waals surface area (Å²) < 4.78 is 5.42. The number of carbonyl (C=O) groups excluding carboxylic acids is 1. The molecule has 0 aliphatic carbocycles. The second kappa shape index (κ2) is 4.67. The summed E-state index contributed by atoms with van der Waals surface area (Å²) in [6, 6.07) is 0. The molecule has 0 unspecified atom stereocenters. The molecule has 0 saturated carbocycles. The van der Waals surface area contributed by atoms with Gasteiger partial charge < -0.3 is 9.64 Å². The molecular formula is C8H14ClNO2. The van der Waals surface area contributed by atoms with Gasteiger partial charge in [-0.3, -0.25) is 4.79 Å². The van der Waals surface area contributed by atoms with Gasteiger partial charge in [0.05, 0.1) is 12.7 Å². The number of amides is 1. The van der Waals surface area contributed by atoms with E-state index in [1.807, 2.05) is 0 Å². The minimum Gasteiger partial charge on any atom is -0.375 e. The van der Waals surface area contributed by atoms with Crippen LogP contribution in [0, 0.1) is 0 Å². The van der Waals surface area contributed by atoms with Gasteiger partial charge in [-0.05, 0) is 6.42 Å². The van der Waals surface area contributed by atoms with E-state index in [1.54, 1.807) is 4.90 Å². The molecule has 70 valence electrons. The van der Waals surface area contributed by atoms with Crippen LogP contribution >= 0.6 is 11.6 Å². The normalized spacial score (nSPS) is 24.2. The SMILES string of the molecule is CC[C@@H]1CN(C(=O)CCl)CCO1. The van der Waals surface area contributed by atoms with Crippen LogP contribution in [0.25, 0.3) is 0 Å². The van der Waals surface area contributed by atoms with Gasteiger partial charge in [0.2, 0.25) is 5.91 Å². The number of alkyl halides is 1. The Labute approximate surface area is 77.6 Å². The molecule has 1 atom stereocenters. The van der Waals surface area contributed by atoms with Crippen molar-refractivity contribution >= 4 is 17.5 Å². The van der Waals surface area contributed by atoms with E-state index in [-0.39, 0.29) is 17.9 Å². The number of rotatable bonds is 2. The Morgan fingerprint density at radius 3 is 3.08 bits per heavy atom. The predicted octanol–water partition coefficient (Wildman–Crippen LogP) is 0.863. The molecular weight excluding hydrogens is 178 g/mol. The molecule has 0 radical (unpaired) electrons. The van der Waals surface area contributed by atoms with Gasteiger partial charge >= 0.3 is 0 Å². The van der Waals surface area contributed by atoms with Crippen LogP contribution in [0.4, 0.5) is 0 Å². The molecule has 1 heterocycles. The standard InChI is InChI=1S/C8H14ClNO2/c1-2-7-6-10(3-4-12-7)8(11)5-9/h7H,2-6H2,1H3/t7-/m1/s1. The van der Waals surface area contributed by atoms with Crippen LogP contribution in [0.3, 0.4) is 0 Å². The van der Waals surface area contributed by atoms with Crippen molar-refractivity contribution in [3.05, 3.63) is 0 Å². The lowest BCUT2D eigenvalue weighted by Crippen LogP contribution is -2.45. The summed E-state index contributed by atoms with van der Waals surface area (Å²) in [4.78, 5) is 12.9. The van der Waals surface area contributed by atoms with Crippen molar-refractivity contribution in [2.45, 2.75) is 19.4 Å². The Morgan fingerprint density at radius 1 is 1.75 bits per heavy atom. The number of hydrogen-bond donors (Lipinski definition) is 0. The highest BCUT2D eigenvalue weighted by Gasteiger charge is 2.21. The van der Waals surface area contributed by atoms with Crippen LogP contribution in [-0.4, -0.2) is 42.5 Å². The second-order valence-corrected chi connectivity index (χ2v) is 3.14. The average Bonchev–Trinajstić information content (AvgIpc) is 2.17. The monoisotopic (exact) mass is 191 g/mol. The van der Waals surface area contributed by atoms with Crippen molar-refractivity contribution in [3.8, 4) is 0 Å². The lowest BCUT2D eigenvalue weighted by molar-refractivity contribution is -0.136. The van der Waals surface area contributed by atoms with Gasteiger partial charge in [0.1, 0.15) is 5.88 Å². The fourth-order valence-electron chi connectivity index (χ4n) is 1.28. The molecule has 0 bridgehead atoms. The first-order chi connectivity index (χ1) is 5.77. The van der Waals surface area contributed by atoms with E-state index >= 15 is 0 Å². The van der Waals surface area contributed by atoms with Crippen molar-refractivity contribution in [1.82, 2.24) is 4.90 Å². The van der Waals surface area contributed by atoms with Crippen LogP contribution < -0.4 is 0 Å². The Balaban J connectivity index is 2.40. The summed E-state index contributed by atoms with van der Waals surface area (Å²) in [5.41, 5.74) is 0. The third-order valence-electron chi connectivity index (χ3n) is 2.06. The van der Waals surface area contributed by atoms with Crippen LogP contribution in [0.15, 0.2) is 0 Å². The van der Waals surface area contributed by atoms with E-state index in [1.165, 1.54) is 0 Å². The van der Waals surface area contributed by atoms with E-state index in [4.69, 9.17) is 16.3 Å². The van der Waals surface area contributed by atoms with Gasteiger partial charge in [-0.25, -0.2) is 0 Å². The highest BCUT2D eigenvalue weighted by molar-refractivity contribution is 6.27. The Kier molecular flexibility index (Phi) is 3.82. The van der Waals surface area contributed by atoms with E-state index in [2.05, 4.69) is 6.92 Å². The van der Waals surface area contributed by atoms with E-state index in [0.29, 0.717) is 19.7 Å². The molecule has 12 heavy (non-hydrogen) atoms. The Bertz CT molecular complexity index is 163. The molecule has 1 rings (SSSR count). The van der Waals surface area contributed by atoms with Crippen LogP contribution in [0.5, 0.6) is 0 Å². The van der Waals surface area contributed by atoms with E-state index < -0.39 is 0 Å². The van der Waals surface area contributed by atoms with Gasteiger partial charge in [-0.1, -0.05) is 6.92 Å². The molecule has 0 spiro atoms. The molecule has 1 amide bonds. The van der Waals surface area contributed by atoms with Crippen molar-refractivity contribution in [2.75, 3.05) is 25.6 Å². The summed E-state index contributed by atoms with van der Waals surface area (Å²) in [6.07, 6.45) is 1.15. The van der Waals surface area contributed by atoms with Gasteiger partial charge in [0.25, 0.3) is 0 Å². The zero-order valence-electron chi connectivity index (χ0n) is 7.25. The van der Waals surface area contributed by atoms with E-state index in [0.717, 1.165) is 6.42 Å². The van der Waals surface area contributed by atoms with Crippen LogP contribution in [-0.2, 0) is 9.53 Å². The predicted molar refractivity (Wildman–Crippen MR) is 47.3 cm³/mol. The number of nitrogens with zero attached hydrogens (tertiary/aromatic N) is 1. The van der Waals surface area contributed by atoms with Crippen molar-refractivity contribution in [3.63, 3.8) is 0 Å². The molecule has 0 N–H and O–H groups in total. The lowest BCUT2D eigenvalue weighted by Gasteiger charge is -2.32. The summed E-state index contributed by atoms with van der Waals surface area (Å²) >= 11 is 5.44. The maximum absolute atomic E-state index is 11.2. The fourth-order valence-corrected chi connectivity index (χ4v) is 1.45. The molecule has 1 saturated heterocycles. The third kappa shape index (κ3) is 2.35. The minimum absolute atomic E-state index is 0.0124. The fraction of sp³-hybridized carbons (Fsp3) is 0.875. The highest BCUT2D eigenvalue weighted by Crippen LogP contribution is 2.08. The Morgan fingerprint density at radius 2 is 2.50 bits per heavy atom. The van der Waals surface area contributed by atoms with Crippen molar-refractivity contribution in [2.24, 2.45) is 0 Å². The smallest absolute Gasteiger partial charge is 0.237 e. The molecule has 3 nitrogen and oxygen atoms in total. The number of halogens is 1. The zero-order valence-corrected chi connectivity index (χ0v) is 8.01. The molecule has 1 fully saturated rings. The largest absolute Gasteiger partial charge is 0.375 e. The first kappa shape index (κ1) is 9.81. The second-order valence-electron chi connectivity index (χ2n) is 2.87. The molecule has 0 aromatic heterocycles. The van der Waals surface area contributed by atoms with Crippen LogP contribution in [0.2, 0.25) is 0 Å². The zero-order chi connectivity index (χ0) is 8.97. The number of hydrogen-bond acceptors (Lipinski definition) is 2. The average molecular weight is 192 g/mol. The molecule has 0 aromatic rings. The number of carbonyl (C=O) groups is 1. The molecule has 1 aliphatic heterocycles. The maximum atomic E-state index is 11.2. The summed E-state index contributed by atoms with van der Waals surface area (Å²) in [5.74, 6) is 0.0922. The third-order valence-corrected chi connectivity index (χ3v) is 2.29. The molecule has 0 aromatic carbocycles. The van der Waals surface area contributed by atoms with Gasteiger partial charge in [-0.2, -0.15) is 0 Å². The lowest BCUT2D eigenvalue weighted by atomic mass is 10.2. The van der Waals surface area contributed by atoms with Gasteiger partial charge in [0, 0.05) is 13.1 Å².